The van der Waals surface area contributed by atoms with E-state index in [1.54, 1.807) is 35.0 Å². The third kappa shape index (κ3) is 3.30. The number of amides is 2. The summed E-state index contributed by atoms with van der Waals surface area (Å²) >= 11 is 1.27. The van der Waals surface area contributed by atoms with Crippen molar-refractivity contribution >= 4 is 28.3 Å². The molecule has 132 valence electrons. The zero-order valence-corrected chi connectivity index (χ0v) is 15.0. The number of benzene rings is 1. The molecule has 0 bridgehead atoms. The number of anilines is 1. The highest BCUT2D eigenvalue weighted by molar-refractivity contribution is 7.10. The van der Waals surface area contributed by atoms with Gasteiger partial charge in [0.1, 0.15) is 10.8 Å². The van der Waals surface area contributed by atoms with Crippen LogP contribution in [0.4, 0.5) is 5.00 Å². The van der Waals surface area contributed by atoms with Gasteiger partial charge >= 0.3 is 0 Å². The van der Waals surface area contributed by atoms with Crippen molar-refractivity contribution in [2.75, 3.05) is 38.5 Å². The Morgan fingerprint density at radius 3 is 2.32 bits per heavy atom. The van der Waals surface area contributed by atoms with Crippen LogP contribution in [0, 0.1) is 6.92 Å². The second kappa shape index (κ2) is 7.10. The smallest absolute Gasteiger partial charge is 0.258 e. The summed E-state index contributed by atoms with van der Waals surface area (Å²) in [5, 5.41) is 13.6. The summed E-state index contributed by atoms with van der Waals surface area (Å²) < 4.78 is 4.24. The summed E-state index contributed by atoms with van der Waals surface area (Å²) in [4.78, 5) is 28.7. The van der Waals surface area contributed by atoms with E-state index in [0.717, 1.165) is 5.00 Å². The highest BCUT2D eigenvalue weighted by Gasteiger charge is 2.29. The summed E-state index contributed by atoms with van der Waals surface area (Å²) in [6.45, 7) is 3.60. The molecule has 2 N–H and O–H groups in total. The predicted octanol–water partition coefficient (Wildman–Crippen LogP) is 1.80. The number of piperazine rings is 1. The highest BCUT2D eigenvalue weighted by Crippen LogP contribution is 2.26. The molecular formula is C17H20N4O3S. The summed E-state index contributed by atoms with van der Waals surface area (Å²) in [6.07, 6.45) is 0. The van der Waals surface area contributed by atoms with Gasteiger partial charge in [0.15, 0.2) is 0 Å². The number of carbonyl (C=O) groups is 2. The van der Waals surface area contributed by atoms with E-state index >= 15 is 0 Å². The lowest BCUT2D eigenvalue weighted by Gasteiger charge is -2.35. The molecule has 25 heavy (non-hydrogen) atoms. The van der Waals surface area contributed by atoms with E-state index in [2.05, 4.69) is 9.69 Å². The molecule has 1 aliphatic rings. The van der Waals surface area contributed by atoms with Gasteiger partial charge in [0, 0.05) is 33.2 Å². The second-order valence-electron chi connectivity index (χ2n) is 5.82. The molecule has 1 aromatic heterocycles. The first kappa shape index (κ1) is 17.2. The molecule has 0 saturated carbocycles. The third-order valence-electron chi connectivity index (χ3n) is 4.29. The van der Waals surface area contributed by atoms with Crippen LogP contribution >= 0.6 is 11.5 Å². The molecule has 0 unspecified atom stereocenters. The number of carbonyl (C=O) groups excluding carboxylic acids is 2. The number of phenols is 1. The normalized spacial score (nSPS) is 14.5. The van der Waals surface area contributed by atoms with Crippen LogP contribution in [-0.4, -0.2) is 64.3 Å². The number of aromatic hydroxyl groups is 1. The first-order chi connectivity index (χ1) is 12.0. The number of para-hydroxylation sites is 1. The van der Waals surface area contributed by atoms with Crippen LogP contribution in [0.1, 0.15) is 26.4 Å². The standard InChI is InChI=1S/C17H20N4O3S/c1-11-14(15(18-2)25-19-11)17(24)21-9-7-20(8-10-21)16(23)12-5-3-4-6-13(12)22/h3-6,18,22H,7-10H2,1-2H3. The molecule has 1 aromatic carbocycles. The van der Waals surface area contributed by atoms with Gasteiger partial charge in [-0.2, -0.15) is 4.37 Å². The van der Waals surface area contributed by atoms with Crippen molar-refractivity contribution in [2.24, 2.45) is 0 Å². The topological polar surface area (TPSA) is 85.8 Å². The monoisotopic (exact) mass is 360 g/mol. The number of phenolic OH excluding ortho intramolecular Hbond substituents is 1. The Morgan fingerprint density at radius 1 is 1.12 bits per heavy atom. The molecule has 7 nitrogen and oxygen atoms in total. The quantitative estimate of drug-likeness (QED) is 0.872. The van der Waals surface area contributed by atoms with Gasteiger partial charge in [0.2, 0.25) is 0 Å². The molecule has 1 fully saturated rings. The van der Waals surface area contributed by atoms with Crippen LogP contribution in [0.15, 0.2) is 24.3 Å². The molecule has 2 heterocycles. The Labute approximate surface area is 150 Å². The van der Waals surface area contributed by atoms with Crippen LogP contribution < -0.4 is 5.32 Å². The van der Waals surface area contributed by atoms with E-state index in [4.69, 9.17) is 0 Å². The number of aryl methyl sites for hydroxylation is 1. The van der Waals surface area contributed by atoms with Gasteiger partial charge in [-0.3, -0.25) is 9.59 Å². The van der Waals surface area contributed by atoms with Crippen molar-refractivity contribution in [3.8, 4) is 5.75 Å². The fourth-order valence-electron chi connectivity index (χ4n) is 2.89. The fraction of sp³-hybridized carbons (Fsp3) is 0.353. The van der Waals surface area contributed by atoms with Crippen LogP contribution in [0.3, 0.4) is 0 Å². The maximum atomic E-state index is 12.8. The summed E-state index contributed by atoms with van der Waals surface area (Å²) in [7, 11) is 1.77. The maximum Gasteiger partial charge on any atom is 0.258 e. The predicted molar refractivity (Wildman–Crippen MR) is 96.3 cm³/mol. The molecule has 1 aliphatic heterocycles. The Morgan fingerprint density at radius 2 is 1.72 bits per heavy atom. The number of hydrogen-bond acceptors (Lipinski definition) is 6. The first-order valence-corrected chi connectivity index (χ1v) is 8.81. The number of hydrogen-bond donors (Lipinski definition) is 2. The lowest BCUT2D eigenvalue weighted by atomic mass is 10.1. The summed E-state index contributed by atoms with van der Waals surface area (Å²) in [5.41, 5.74) is 1.61. The molecule has 2 aromatic rings. The van der Waals surface area contributed by atoms with E-state index in [0.29, 0.717) is 37.4 Å². The average molecular weight is 360 g/mol. The second-order valence-corrected chi connectivity index (χ2v) is 6.60. The number of nitrogens with zero attached hydrogens (tertiary/aromatic N) is 3. The summed E-state index contributed by atoms with van der Waals surface area (Å²) in [5.74, 6) is -0.301. The van der Waals surface area contributed by atoms with Crippen molar-refractivity contribution in [3.05, 3.63) is 41.1 Å². The van der Waals surface area contributed by atoms with E-state index in [9.17, 15) is 14.7 Å². The van der Waals surface area contributed by atoms with Crippen molar-refractivity contribution in [1.29, 1.82) is 0 Å². The van der Waals surface area contributed by atoms with Crippen LogP contribution in [0.25, 0.3) is 0 Å². The van der Waals surface area contributed by atoms with Gasteiger partial charge in [-0.15, -0.1) is 0 Å². The molecule has 2 amide bonds. The van der Waals surface area contributed by atoms with E-state index in [1.165, 1.54) is 17.6 Å². The third-order valence-corrected chi connectivity index (χ3v) is 5.25. The van der Waals surface area contributed by atoms with Gasteiger partial charge in [-0.05, 0) is 30.6 Å². The van der Waals surface area contributed by atoms with Crippen LogP contribution in [0.5, 0.6) is 5.75 Å². The molecule has 0 spiro atoms. The Kier molecular flexibility index (Phi) is 4.89. The average Bonchev–Trinajstić information content (AvgIpc) is 3.01. The Balaban J connectivity index is 1.68. The van der Waals surface area contributed by atoms with Gasteiger partial charge in [0.25, 0.3) is 11.8 Å². The Hall–Kier alpha value is -2.61. The SMILES string of the molecule is CNc1snc(C)c1C(=O)N1CCN(C(=O)c2ccccc2O)CC1. The minimum Gasteiger partial charge on any atom is -0.507 e. The number of nitrogens with one attached hydrogen (secondary N) is 1. The van der Waals surface area contributed by atoms with Crippen molar-refractivity contribution in [3.63, 3.8) is 0 Å². The molecule has 8 heteroatoms. The largest absolute Gasteiger partial charge is 0.507 e. The van der Waals surface area contributed by atoms with Crippen molar-refractivity contribution in [2.45, 2.75) is 6.92 Å². The van der Waals surface area contributed by atoms with Gasteiger partial charge in [-0.25, -0.2) is 0 Å². The van der Waals surface area contributed by atoms with Crippen molar-refractivity contribution in [1.82, 2.24) is 14.2 Å². The molecule has 0 atom stereocenters. The molecule has 0 aliphatic carbocycles. The minimum absolute atomic E-state index is 0.0235. The van der Waals surface area contributed by atoms with E-state index in [-0.39, 0.29) is 23.1 Å². The van der Waals surface area contributed by atoms with Gasteiger partial charge < -0.3 is 20.2 Å². The lowest BCUT2D eigenvalue weighted by Crippen LogP contribution is -2.50. The fourth-order valence-corrected chi connectivity index (χ4v) is 3.62. The zero-order valence-electron chi connectivity index (χ0n) is 14.2. The maximum absolute atomic E-state index is 12.8. The van der Waals surface area contributed by atoms with E-state index in [1.807, 2.05) is 6.92 Å². The van der Waals surface area contributed by atoms with Gasteiger partial charge in [0.05, 0.1) is 16.8 Å². The molecule has 1 saturated heterocycles. The highest BCUT2D eigenvalue weighted by atomic mass is 32.1. The van der Waals surface area contributed by atoms with E-state index < -0.39 is 0 Å². The van der Waals surface area contributed by atoms with Crippen molar-refractivity contribution < 1.29 is 14.7 Å². The summed E-state index contributed by atoms with van der Waals surface area (Å²) in [6, 6.07) is 6.51. The van der Waals surface area contributed by atoms with Crippen LogP contribution in [0.2, 0.25) is 0 Å². The lowest BCUT2D eigenvalue weighted by molar-refractivity contribution is 0.0534. The van der Waals surface area contributed by atoms with Gasteiger partial charge in [-0.1, -0.05) is 12.1 Å². The Bertz CT molecular complexity index is 797. The van der Waals surface area contributed by atoms with Crippen LogP contribution in [-0.2, 0) is 0 Å². The molecule has 3 rings (SSSR count). The number of aromatic nitrogens is 1. The first-order valence-electron chi connectivity index (χ1n) is 8.03. The minimum atomic E-state index is -0.213. The molecular weight excluding hydrogens is 340 g/mol. The number of rotatable bonds is 3. The zero-order chi connectivity index (χ0) is 18.0. The molecule has 0 radical (unpaired) electrons.